The van der Waals surface area contributed by atoms with Crippen molar-refractivity contribution >= 4 is 23.2 Å². The zero-order valence-corrected chi connectivity index (χ0v) is 11.3. The van der Waals surface area contributed by atoms with E-state index < -0.39 is 0 Å². The molecule has 1 N–H and O–H groups in total. The lowest BCUT2D eigenvalue weighted by atomic mass is 10.3. The summed E-state index contributed by atoms with van der Waals surface area (Å²) in [6.07, 6.45) is 1.31. The van der Waals surface area contributed by atoms with Gasteiger partial charge in [0.2, 0.25) is 11.7 Å². The van der Waals surface area contributed by atoms with Crippen LogP contribution in [0.2, 0.25) is 5.02 Å². The molecule has 1 aromatic heterocycles. The molecule has 0 bridgehead atoms. The third-order valence-corrected chi connectivity index (χ3v) is 2.70. The average Bonchev–Trinajstić information content (AvgIpc) is 2.86. The quantitative estimate of drug-likeness (QED) is 0.920. The molecule has 0 radical (unpaired) electrons. The van der Waals surface area contributed by atoms with Crippen molar-refractivity contribution in [2.45, 2.75) is 6.54 Å². The van der Waals surface area contributed by atoms with Crippen LogP contribution < -0.4 is 10.1 Å². The summed E-state index contributed by atoms with van der Waals surface area (Å²) in [5, 5.41) is 19.1. The zero-order valence-electron chi connectivity index (χ0n) is 10.5. The van der Waals surface area contributed by atoms with E-state index in [1.165, 1.54) is 18.0 Å². The molecule has 0 atom stereocenters. The standard InChI is InChI=1S/C12H10ClN5O2/c1-20-10-3-2-8(13)4-9(10)16-12(19)6-18-7-15-17-11(18)5-14/h2-4,7H,6H2,1H3,(H,16,19). The number of nitriles is 1. The molecule has 1 aromatic carbocycles. The summed E-state index contributed by atoms with van der Waals surface area (Å²) >= 11 is 5.87. The van der Waals surface area contributed by atoms with Gasteiger partial charge in [0, 0.05) is 5.02 Å². The van der Waals surface area contributed by atoms with Crippen molar-refractivity contribution in [1.29, 1.82) is 5.26 Å². The van der Waals surface area contributed by atoms with Crippen LogP contribution in [-0.2, 0) is 11.3 Å². The van der Waals surface area contributed by atoms with Gasteiger partial charge in [-0.05, 0) is 18.2 Å². The number of aromatic nitrogens is 3. The molecule has 0 fully saturated rings. The number of ether oxygens (including phenoxy) is 1. The van der Waals surface area contributed by atoms with E-state index in [0.717, 1.165) is 0 Å². The Morgan fingerprint density at radius 2 is 2.40 bits per heavy atom. The maximum Gasteiger partial charge on any atom is 0.244 e. The molecule has 0 unspecified atom stereocenters. The van der Waals surface area contributed by atoms with Gasteiger partial charge < -0.3 is 10.1 Å². The van der Waals surface area contributed by atoms with Crippen molar-refractivity contribution in [3.05, 3.63) is 35.4 Å². The number of hydrogen-bond acceptors (Lipinski definition) is 5. The second-order valence-electron chi connectivity index (χ2n) is 3.79. The number of halogens is 1. The van der Waals surface area contributed by atoms with Gasteiger partial charge in [0.15, 0.2) is 0 Å². The normalized spacial score (nSPS) is 9.85. The third kappa shape index (κ3) is 3.05. The lowest BCUT2D eigenvalue weighted by molar-refractivity contribution is -0.116. The number of carbonyl (C=O) groups excluding carboxylic acids is 1. The average molecular weight is 292 g/mol. The Bertz CT molecular complexity index is 677. The number of nitrogens with zero attached hydrogens (tertiary/aromatic N) is 4. The first kappa shape index (κ1) is 13.8. The zero-order chi connectivity index (χ0) is 14.5. The van der Waals surface area contributed by atoms with Crippen molar-refractivity contribution in [3.8, 4) is 11.8 Å². The van der Waals surface area contributed by atoms with Crippen LogP contribution in [0.15, 0.2) is 24.5 Å². The first-order chi connectivity index (χ1) is 9.63. The minimum Gasteiger partial charge on any atom is -0.495 e. The Kier molecular flexibility index (Phi) is 4.17. The Hall–Kier alpha value is -2.59. The van der Waals surface area contributed by atoms with Gasteiger partial charge in [0.25, 0.3) is 0 Å². The van der Waals surface area contributed by atoms with Gasteiger partial charge in [-0.1, -0.05) is 11.6 Å². The van der Waals surface area contributed by atoms with E-state index in [-0.39, 0.29) is 18.3 Å². The Morgan fingerprint density at radius 3 is 3.10 bits per heavy atom. The summed E-state index contributed by atoms with van der Waals surface area (Å²) in [5.41, 5.74) is 0.455. The second kappa shape index (κ2) is 6.04. The van der Waals surface area contributed by atoms with Gasteiger partial charge in [-0.15, -0.1) is 10.2 Å². The molecule has 20 heavy (non-hydrogen) atoms. The van der Waals surface area contributed by atoms with E-state index in [4.69, 9.17) is 21.6 Å². The lowest BCUT2D eigenvalue weighted by Crippen LogP contribution is -2.19. The van der Waals surface area contributed by atoms with E-state index in [0.29, 0.717) is 16.5 Å². The monoisotopic (exact) mass is 291 g/mol. The molecule has 8 heteroatoms. The molecule has 0 aliphatic heterocycles. The first-order valence-corrected chi connectivity index (χ1v) is 5.93. The largest absolute Gasteiger partial charge is 0.495 e. The van der Waals surface area contributed by atoms with Gasteiger partial charge in [0.1, 0.15) is 24.7 Å². The molecule has 1 amide bonds. The van der Waals surface area contributed by atoms with Gasteiger partial charge in [-0.2, -0.15) is 5.26 Å². The third-order valence-electron chi connectivity index (χ3n) is 2.47. The fourth-order valence-electron chi connectivity index (χ4n) is 1.58. The molecule has 0 aliphatic rings. The second-order valence-corrected chi connectivity index (χ2v) is 4.22. The van der Waals surface area contributed by atoms with Crippen LogP contribution in [-0.4, -0.2) is 27.8 Å². The number of carbonyl (C=O) groups is 1. The minimum absolute atomic E-state index is 0.0678. The van der Waals surface area contributed by atoms with Gasteiger partial charge in [-0.3, -0.25) is 9.36 Å². The topological polar surface area (TPSA) is 92.8 Å². The van der Waals surface area contributed by atoms with Crippen LogP contribution in [0, 0.1) is 11.3 Å². The maximum atomic E-state index is 11.9. The number of nitrogens with one attached hydrogen (secondary N) is 1. The number of rotatable bonds is 4. The van der Waals surface area contributed by atoms with Gasteiger partial charge >= 0.3 is 0 Å². The molecule has 2 rings (SSSR count). The molecule has 0 saturated heterocycles. The molecule has 0 spiro atoms. The Balaban J connectivity index is 2.13. The summed E-state index contributed by atoms with van der Waals surface area (Å²) < 4.78 is 6.46. The molecule has 2 aromatic rings. The summed E-state index contributed by atoms with van der Waals surface area (Å²) in [6, 6.07) is 6.73. The SMILES string of the molecule is COc1ccc(Cl)cc1NC(=O)Cn1cnnc1C#N. The van der Waals surface area contributed by atoms with Crippen LogP contribution in [0.4, 0.5) is 5.69 Å². The first-order valence-electron chi connectivity index (χ1n) is 5.55. The summed E-state index contributed by atoms with van der Waals surface area (Å²) in [5.74, 6) is 0.215. The molecular weight excluding hydrogens is 282 g/mol. The van der Waals surface area contributed by atoms with Gasteiger partial charge in [-0.25, -0.2) is 0 Å². The number of benzene rings is 1. The molecule has 102 valence electrons. The summed E-state index contributed by atoms with van der Waals surface area (Å²) in [4.78, 5) is 11.9. The Morgan fingerprint density at radius 1 is 1.60 bits per heavy atom. The number of methoxy groups -OCH3 is 1. The molecular formula is C12H10ClN5O2. The van der Waals surface area contributed by atoms with Crippen molar-refractivity contribution in [1.82, 2.24) is 14.8 Å². The fourth-order valence-corrected chi connectivity index (χ4v) is 1.75. The van der Waals surface area contributed by atoms with Crippen LogP contribution >= 0.6 is 11.6 Å². The Labute approximate surface area is 119 Å². The van der Waals surface area contributed by atoms with Crippen LogP contribution in [0.1, 0.15) is 5.82 Å². The highest BCUT2D eigenvalue weighted by Crippen LogP contribution is 2.27. The van der Waals surface area contributed by atoms with E-state index >= 15 is 0 Å². The van der Waals surface area contributed by atoms with Crippen LogP contribution in [0.5, 0.6) is 5.75 Å². The highest BCUT2D eigenvalue weighted by atomic mass is 35.5. The summed E-state index contributed by atoms with van der Waals surface area (Å²) in [6.45, 7) is -0.0778. The van der Waals surface area contributed by atoms with Gasteiger partial charge in [0.05, 0.1) is 12.8 Å². The number of hydrogen-bond donors (Lipinski definition) is 1. The number of amides is 1. The van der Waals surface area contributed by atoms with Crippen molar-refractivity contribution in [2.24, 2.45) is 0 Å². The predicted molar refractivity (Wildman–Crippen MR) is 71.4 cm³/mol. The lowest BCUT2D eigenvalue weighted by Gasteiger charge is -2.10. The van der Waals surface area contributed by atoms with Crippen molar-refractivity contribution in [2.75, 3.05) is 12.4 Å². The molecule has 0 aliphatic carbocycles. The van der Waals surface area contributed by atoms with Crippen LogP contribution in [0.25, 0.3) is 0 Å². The maximum absolute atomic E-state index is 11.9. The predicted octanol–water partition coefficient (Wildman–Crippen LogP) is 1.45. The van der Waals surface area contributed by atoms with Crippen molar-refractivity contribution in [3.63, 3.8) is 0 Å². The molecule has 7 nitrogen and oxygen atoms in total. The smallest absolute Gasteiger partial charge is 0.244 e. The van der Waals surface area contributed by atoms with Crippen LogP contribution in [0.3, 0.4) is 0 Å². The molecule has 1 heterocycles. The van der Waals surface area contributed by atoms with E-state index in [1.807, 2.05) is 6.07 Å². The van der Waals surface area contributed by atoms with E-state index in [2.05, 4.69) is 15.5 Å². The fraction of sp³-hybridized carbons (Fsp3) is 0.167. The molecule has 0 saturated carbocycles. The van der Waals surface area contributed by atoms with Crippen molar-refractivity contribution < 1.29 is 9.53 Å². The minimum atomic E-state index is -0.345. The van der Waals surface area contributed by atoms with E-state index in [1.54, 1.807) is 18.2 Å². The van der Waals surface area contributed by atoms with E-state index in [9.17, 15) is 4.79 Å². The highest BCUT2D eigenvalue weighted by molar-refractivity contribution is 6.31. The summed E-state index contributed by atoms with van der Waals surface area (Å²) in [7, 11) is 1.49. The number of anilines is 1. The highest BCUT2D eigenvalue weighted by Gasteiger charge is 2.11.